The van der Waals surface area contributed by atoms with Crippen LogP contribution in [-0.4, -0.2) is 71.9 Å². The van der Waals surface area contributed by atoms with E-state index in [0.29, 0.717) is 0 Å². The molecule has 2 atom stereocenters. The zero-order valence-corrected chi connectivity index (χ0v) is 18.5. The highest BCUT2D eigenvalue weighted by molar-refractivity contribution is 5.98. The minimum atomic E-state index is -1.55. The first-order valence-electron chi connectivity index (χ1n) is 9.67. The van der Waals surface area contributed by atoms with E-state index in [-0.39, 0.29) is 29.8 Å². The number of carbonyl (C=O) groups is 4. The molecule has 1 fully saturated rings. The molecule has 0 spiro atoms. The van der Waals surface area contributed by atoms with Gasteiger partial charge < -0.3 is 24.6 Å². The number of nitrogens with zero attached hydrogens (tertiary/aromatic N) is 1. The van der Waals surface area contributed by atoms with Gasteiger partial charge in [-0.3, -0.25) is 9.69 Å². The molecule has 1 aliphatic heterocycles. The van der Waals surface area contributed by atoms with Gasteiger partial charge in [0.1, 0.15) is 23.0 Å². The second-order valence-electron chi connectivity index (χ2n) is 8.43. The molecule has 0 saturated carbocycles. The van der Waals surface area contributed by atoms with E-state index in [9.17, 15) is 24.3 Å². The van der Waals surface area contributed by atoms with Gasteiger partial charge in [0.15, 0.2) is 0 Å². The summed E-state index contributed by atoms with van der Waals surface area (Å²) in [5.41, 5.74) is -2.08. The van der Waals surface area contributed by atoms with Crippen LogP contribution in [0.2, 0.25) is 0 Å². The molecule has 2 amide bonds. The second kappa shape index (κ2) is 8.83. The number of likely N-dealkylation sites (tertiary alicyclic amines) is 1. The molecular weight excluding hydrogens is 408 g/mol. The Morgan fingerprint density at radius 2 is 1.77 bits per heavy atom. The van der Waals surface area contributed by atoms with Crippen LogP contribution in [-0.2, 0) is 14.3 Å². The molecule has 0 bridgehead atoms. The summed E-state index contributed by atoms with van der Waals surface area (Å²) < 4.78 is 16.0. The van der Waals surface area contributed by atoms with Crippen molar-refractivity contribution in [2.75, 3.05) is 20.7 Å². The van der Waals surface area contributed by atoms with E-state index in [1.165, 1.54) is 39.3 Å². The summed E-state index contributed by atoms with van der Waals surface area (Å²) in [6, 6.07) is 4.19. The maximum Gasteiger partial charge on any atom is 0.411 e. The van der Waals surface area contributed by atoms with E-state index in [1.807, 2.05) is 0 Å². The van der Waals surface area contributed by atoms with Gasteiger partial charge in [0.25, 0.3) is 5.91 Å². The number of esters is 1. The molecule has 1 aliphatic rings. The monoisotopic (exact) mass is 436 g/mol. The fourth-order valence-electron chi connectivity index (χ4n) is 3.27. The maximum absolute atomic E-state index is 12.6. The Kier molecular flexibility index (Phi) is 6.83. The summed E-state index contributed by atoms with van der Waals surface area (Å²) in [5, 5.41) is 12.2. The minimum absolute atomic E-state index is 0.0145. The Bertz CT molecular complexity index is 858. The summed E-state index contributed by atoms with van der Waals surface area (Å²) in [6.45, 7) is 6.43. The largest absolute Gasteiger partial charge is 0.488 e. The topological polar surface area (TPSA) is 131 Å². The van der Waals surface area contributed by atoms with Crippen LogP contribution < -0.4 is 10.1 Å². The van der Waals surface area contributed by atoms with Crippen LogP contribution in [0.4, 0.5) is 4.79 Å². The average Bonchev–Trinajstić information content (AvgIpc) is 3.02. The van der Waals surface area contributed by atoms with Gasteiger partial charge >= 0.3 is 18.0 Å². The number of amides is 2. The van der Waals surface area contributed by atoms with Gasteiger partial charge in [-0.1, -0.05) is 0 Å². The predicted octanol–water partition coefficient (Wildman–Crippen LogP) is 2.06. The lowest BCUT2D eigenvalue weighted by atomic mass is 9.98. The van der Waals surface area contributed by atoms with Crippen molar-refractivity contribution in [1.29, 1.82) is 0 Å². The zero-order valence-electron chi connectivity index (χ0n) is 18.5. The summed E-state index contributed by atoms with van der Waals surface area (Å²) in [7, 11) is 2.66. The lowest BCUT2D eigenvalue weighted by Gasteiger charge is -2.32. The number of rotatable bonds is 5. The van der Waals surface area contributed by atoms with Gasteiger partial charge in [0.05, 0.1) is 19.2 Å². The van der Waals surface area contributed by atoms with Crippen LogP contribution in [0.5, 0.6) is 5.75 Å². The van der Waals surface area contributed by atoms with Gasteiger partial charge in [0.2, 0.25) is 0 Å². The van der Waals surface area contributed by atoms with E-state index in [2.05, 4.69) is 5.32 Å². The first kappa shape index (κ1) is 24.0. The molecular formula is C21H28N2O8. The lowest BCUT2D eigenvalue weighted by molar-refractivity contribution is -0.148. The third-order valence-electron chi connectivity index (χ3n) is 4.80. The van der Waals surface area contributed by atoms with Gasteiger partial charge in [-0.25, -0.2) is 14.4 Å². The molecule has 1 aromatic carbocycles. The summed E-state index contributed by atoms with van der Waals surface area (Å²) in [6.07, 6.45) is -1.49. The highest BCUT2D eigenvalue weighted by Crippen LogP contribution is 2.34. The molecule has 0 aliphatic carbocycles. The van der Waals surface area contributed by atoms with E-state index in [1.54, 1.807) is 20.8 Å². The average molecular weight is 436 g/mol. The smallest absolute Gasteiger partial charge is 0.411 e. The number of carbonyl (C=O) groups excluding carboxylic acids is 3. The summed E-state index contributed by atoms with van der Waals surface area (Å²) >= 11 is 0. The fraction of sp³-hybridized carbons (Fsp3) is 0.524. The van der Waals surface area contributed by atoms with Gasteiger partial charge in [0, 0.05) is 19.0 Å². The number of benzene rings is 1. The van der Waals surface area contributed by atoms with Crippen LogP contribution in [0.15, 0.2) is 18.2 Å². The van der Waals surface area contributed by atoms with Gasteiger partial charge in [-0.05, 0) is 45.9 Å². The molecule has 10 heteroatoms. The molecule has 170 valence electrons. The molecule has 0 radical (unpaired) electrons. The SMILES string of the molecule is CNC(=O)c1cc(O[C@@H]2CN(C(=O)OC(C)(C)C)[C@](C)(C(=O)O)C2)cc(C(=O)OC)c1. The number of hydrogen-bond donors (Lipinski definition) is 2. The summed E-state index contributed by atoms with van der Waals surface area (Å²) in [4.78, 5) is 49.7. The zero-order chi connectivity index (χ0) is 23.6. The molecule has 0 aromatic heterocycles. The lowest BCUT2D eigenvalue weighted by Crippen LogP contribution is -2.52. The Hall–Kier alpha value is -3.30. The van der Waals surface area contributed by atoms with E-state index < -0.39 is 41.2 Å². The van der Waals surface area contributed by atoms with Crippen molar-refractivity contribution in [3.05, 3.63) is 29.3 Å². The molecule has 2 N–H and O–H groups in total. The van der Waals surface area contributed by atoms with Crippen LogP contribution in [0, 0.1) is 0 Å². The normalized spacial score (nSPS) is 20.7. The quantitative estimate of drug-likeness (QED) is 0.671. The van der Waals surface area contributed by atoms with E-state index >= 15 is 0 Å². The molecule has 2 rings (SSSR count). The molecule has 0 unspecified atom stereocenters. The van der Waals surface area contributed by atoms with Crippen molar-refractivity contribution < 1.29 is 38.5 Å². The van der Waals surface area contributed by atoms with Crippen LogP contribution >= 0.6 is 0 Å². The number of hydrogen-bond acceptors (Lipinski definition) is 7. The van der Waals surface area contributed by atoms with Crippen molar-refractivity contribution >= 4 is 23.9 Å². The Balaban J connectivity index is 2.34. The van der Waals surface area contributed by atoms with Crippen LogP contribution in [0.25, 0.3) is 0 Å². The number of carboxylic acid groups (broad SMARTS) is 1. The molecule has 31 heavy (non-hydrogen) atoms. The molecule has 1 saturated heterocycles. The standard InChI is InChI=1S/C21H28N2O8/c1-20(2,3)31-19(28)23-11-15(10-21(23,4)18(26)27)30-14-8-12(16(24)22-5)7-13(9-14)17(25)29-6/h7-9,15H,10-11H2,1-6H3,(H,22,24)(H,26,27)/t15-,21-/m0/s1. The Labute approximate surface area is 180 Å². The van der Waals surface area contributed by atoms with Gasteiger partial charge in [-0.2, -0.15) is 0 Å². The highest BCUT2D eigenvalue weighted by atomic mass is 16.6. The number of ether oxygens (including phenoxy) is 3. The third kappa shape index (κ3) is 5.44. The van der Waals surface area contributed by atoms with E-state index in [4.69, 9.17) is 14.2 Å². The molecule has 1 heterocycles. The Morgan fingerprint density at radius 1 is 1.16 bits per heavy atom. The highest BCUT2D eigenvalue weighted by Gasteiger charge is 2.52. The first-order chi connectivity index (χ1) is 14.3. The van der Waals surface area contributed by atoms with Gasteiger partial charge in [-0.15, -0.1) is 0 Å². The van der Waals surface area contributed by atoms with Crippen molar-refractivity contribution in [2.24, 2.45) is 0 Å². The third-order valence-corrected chi connectivity index (χ3v) is 4.80. The molecule has 10 nitrogen and oxygen atoms in total. The number of carboxylic acids is 1. The van der Waals surface area contributed by atoms with Crippen molar-refractivity contribution in [3.8, 4) is 5.75 Å². The second-order valence-corrected chi connectivity index (χ2v) is 8.43. The Morgan fingerprint density at radius 3 is 2.29 bits per heavy atom. The number of methoxy groups -OCH3 is 1. The predicted molar refractivity (Wildman–Crippen MR) is 109 cm³/mol. The summed E-state index contributed by atoms with van der Waals surface area (Å²) in [5.74, 6) is -2.12. The molecule has 1 aromatic rings. The minimum Gasteiger partial charge on any atom is -0.488 e. The first-order valence-corrected chi connectivity index (χ1v) is 9.67. The van der Waals surface area contributed by atoms with Crippen LogP contribution in [0.1, 0.15) is 54.8 Å². The van der Waals surface area contributed by atoms with Crippen molar-refractivity contribution in [1.82, 2.24) is 10.2 Å². The fourth-order valence-corrected chi connectivity index (χ4v) is 3.27. The number of aliphatic carboxylic acids is 1. The van der Waals surface area contributed by atoms with Crippen molar-refractivity contribution in [2.45, 2.75) is 51.4 Å². The van der Waals surface area contributed by atoms with Crippen molar-refractivity contribution in [3.63, 3.8) is 0 Å². The van der Waals surface area contributed by atoms with E-state index in [0.717, 1.165) is 4.90 Å². The number of nitrogens with one attached hydrogen (secondary N) is 1. The van der Waals surface area contributed by atoms with Crippen LogP contribution in [0.3, 0.4) is 0 Å². The maximum atomic E-state index is 12.6.